The molecule has 0 unspecified atom stereocenters. The molecule has 0 amide bonds. The maximum atomic E-state index is 7.27. The molecule has 3 heteroatoms. The maximum Gasteiger partial charge on any atom is 0.256 e. The predicted octanol–water partition coefficient (Wildman–Crippen LogP) is 19.0. The molecular formula is C76H60BNO. The van der Waals surface area contributed by atoms with Gasteiger partial charge in [-0.3, -0.25) is 0 Å². The second-order valence-electron chi connectivity index (χ2n) is 23.6. The van der Waals surface area contributed by atoms with Gasteiger partial charge in [-0.1, -0.05) is 254 Å². The zero-order valence-corrected chi connectivity index (χ0v) is 45.7. The van der Waals surface area contributed by atoms with Gasteiger partial charge in [-0.15, -0.1) is 0 Å². The summed E-state index contributed by atoms with van der Waals surface area (Å²) in [7, 11) is 0. The summed E-state index contributed by atoms with van der Waals surface area (Å²) < 4.78 is 7.27. The molecule has 14 rings (SSSR count). The average molecular weight is 1010 g/mol. The third-order valence-corrected chi connectivity index (χ3v) is 16.6. The van der Waals surface area contributed by atoms with Gasteiger partial charge in [0.2, 0.25) is 0 Å². The van der Waals surface area contributed by atoms with Crippen LogP contribution in [0.5, 0.6) is 11.5 Å². The van der Waals surface area contributed by atoms with Crippen LogP contribution in [0.25, 0.3) is 88.3 Å². The topological polar surface area (TPSA) is 12.5 Å². The second-order valence-corrected chi connectivity index (χ2v) is 23.6. The zero-order chi connectivity index (χ0) is 53.6. The summed E-state index contributed by atoms with van der Waals surface area (Å²) >= 11 is 0. The minimum atomic E-state index is -0.194. The second kappa shape index (κ2) is 18.8. The molecule has 0 N–H and O–H groups in total. The van der Waals surface area contributed by atoms with Crippen LogP contribution < -0.4 is 26.0 Å². The highest BCUT2D eigenvalue weighted by molar-refractivity contribution is 6.99. The van der Waals surface area contributed by atoms with Crippen LogP contribution in [0.4, 0.5) is 17.1 Å². The summed E-state index contributed by atoms with van der Waals surface area (Å²) in [5.74, 6) is 1.80. The summed E-state index contributed by atoms with van der Waals surface area (Å²) in [5.41, 5.74) is 23.4. The van der Waals surface area contributed by atoms with Crippen molar-refractivity contribution < 1.29 is 4.74 Å². The van der Waals surface area contributed by atoms with Crippen LogP contribution in [0.1, 0.15) is 52.7 Å². The van der Waals surface area contributed by atoms with Crippen molar-refractivity contribution in [1.82, 2.24) is 0 Å². The Morgan fingerprint density at radius 3 is 1.32 bits per heavy atom. The fourth-order valence-electron chi connectivity index (χ4n) is 12.6. The first-order chi connectivity index (χ1) is 38.5. The van der Waals surface area contributed by atoms with Crippen LogP contribution in [-0.2, 0) is 10.8 Å². The molecule has 2 aliphatic heterocycles. The lowest BCUT2D eigenvalue weighted by molar-refractivity contribution is 0.483. The number of nitrogens with zero attached hydrogens (tertiary/aromatic N) is 1. The minimum Gasteiger partial charge on any atom is -0.458 e. The third kappa shape index (κ3) is 8.27. The van der Waals surface area contributed by atoms with E-state index in [0.29, 0.717) is 0 Å². The molecule has 0 spiro atoms. The number of benzene rings is 12. The quantitative estimate of drug-likeness (QED) is 0.117. The number of hydrogen-bond acceptors (Lipinski definition) is 2. The molecule has 12 aromatic rings. The van der Waals surface area contributed by atoms with Crippen LogP contribution in [0.15, 0.2) is 255 Å². The number of hydrogen-bond donors (Lipinski definition) is 0. The van der Waals surface area contributed by atoms with Crippen LogP contribution in [-0.4, -0.2) is 6.71 Å². The Kier molecular flexibility index (Phi) is 11.5. The molecule has 2 aliphatic rings. The van der Waals surface area contributed by atoms with Gasteiger partial charge in [0, 0.05) is 22.5 Å². The third-order valence-electron chi connectivity index (χ3n) is 16.6. The number of rotatable bonds is 7. The largest absolute Gasteiger partial charge is 0.458 e. The fourth-order valence-corrected chi connectivity index (χ4v) is 12.6. The van der Waals surface area contributed by atoms with Crippen molar-refractivity contribution in [2.24, 2.45) is 0 Å². The molecule has 79 heavy (non-hydrogen) atoms. The van der Waals surface area contributed by atoms with E-state index >= 15 is 0 Å². The van der Waals surface area contributed by atoms with Crippen molar-refractivity contribution in [2.75, 3.05) is 4.90 Å². The van der Waals surface area contributed by atoms with Crippen molar-refractivity contribution in [3.63, 3.8) is 0 Å². The molecule has 0 atom stereocenters. The highest BCUT2D eigenvalue weighted by Crippen LogP contribution is 2.52. The Morgan fingerprint density at radius 1 is 0.316 bits per heavy atom. The van der Waals surface area contributed by atoms with E-state index < -0.39 is 0 Å². The van der Waals surface area contributed by atoms with Gasteiger partial charge in [-0.05, 0) is 158 Å². The number of ether oxygens (including phenoxy) is 1. The van der Waals surface area contributed by atoms with Gasteiger partial charge in [-0.2, -0.15) is 0 Å². The summed E-state index contributed by atoms with van der Waals surface area (Å²) in [6, 6.07) is 94.8. The summed E-state index contributed by atoms with van der Waals surface area (Å²) in [6.07, 6.45) is 0. The molecule has 0 saturated carbocycles. The molecule has 0 aromatic heterocycles. The monoisotopic (exact) mass is 1010 g/mol. The highest BCUT2D eigenvalue weighted by Gasteiger charge is 2.44. The lowest BCUT2D eigenvalue weighted by Crippen LogP contribution is -2.59. The van der Waals surface area contributed by atoms with Crippen LogP contribution in [0, 0.1) is 0 Å². The van der Waals surface area contributed by atoms with Gasteiger partial charge in [0.25, 0.3) is 6.71 Å². The van der Waals surface area contributed by atoms with E-state index in [9.17, 15) is 0 Å². The molecule has 2 nitrogen and oxygen atoms in total. The van der Waals surface area contributed by atoms with E-state index in [0.717, 1.165) is 39.7 Å². The van der Waals surface area contributed by atoms with E-state index in [4.69, 9.17) is 4.74 Å². The van der Waals surface area contributed by atoms with Crippen LogP contribution in [0.2, 0.25) is 0 Å². The normalized spacial score (nSPS) is 12.7. The first-order valence-electron chi connectivity index (χ1n) is 27.8. The van der Waals surface area contributed by atoms with Gasteiger partial charge < -0.3 is 9.64 Å². The lowest BCUT2D eigenvalue weighted by atomic mass is 9.34. The Balaban J connectivity index is 1.10. The average Bonchev–Trinajstić information content (AvgIpc) is 3.06. The Bertz CT molecular complexity index is 4270. The van der Waals surface area contributed by atoms with Crippen molar-refractivity contribution in [1.29, 1.82) is 0 Å². The first kappa shape index (κ1) is 48.2. The lowest BCUT2D eigenvalue weighted by Gasteiger charge is -2.43. The molecule has 2 heterocycles. The molecule has 12 aromatic carbocycles. The van der Waals surface area contributed by atoms with E-state index in [2.05, 4.69) is 301 Å². The predicted molar refractivity (Wildman–Crippen MR) is 337 cm³/mol. The molecule has 0 radical (unpaired) electrons. The smallest absolute Gasteiger partial charge is 0.256 e. The van der Waals surface area contributed by atoms with Crippen molar-refractivity contribution in [3.8, 4) is 78.3 Å². The SMILES string of the molecule is CC(C)(C)c1cc(-c2ccccc2)c(N2c3cc(-c4ccc5c(-c6ccccc6)c6ccccc6c(-c6ccccc6)c5c4)ccc3B3c4cc(-c5ccccc5)ccc4Oc4cc(C(C)(C)C)cc2c43)c(-c2ccccc2)c1. The first-order valence-corrected chi connectivity index (χ1v) is 27.8. The highest BCUT2D eigenvalue weighted by atomic mass is 16.5. The van der Waals surface area contributed by atoms with Gasteiger partial charge >= 0.3 is 0 Å². The Labute approximate surface area is 465 Å². The van der Waals surface area contributed by atoms with Gasteiger partial charge in [0.15, 0.2) is 0 Å². The standard InChI is InChI=1S/C76H60BNO/c1-75(2,3)57-45-62(50-26-14-8-15-27-50)74(63(46-57)51-28-16-9-17-29-51)78-67-44-56(54-36-39-61-64(42-54)72(53-32-20-11-21-33-53)60-35-23-22-34-59(60)71(61)52-30-18-10-19-31-52)37-40-65(67)77-66-43-55(49-24-12-7-13-25-49)38-41-69(66)79-70-48-58(76(4,5)6)47-68(78)73(70)77/h7-48H,1-6H3. The zero-order valence-electron chi connectivity index (χ0n) is 45.7. The van der Waals surface area contributed by atoms with E-state index in [1.165, 1.54) is 105 Å². The fraction of sp³-hybridized carbons (Fsp3) is 0.105. The van der Waals surface area contributed by atoms with Crippen LogP contribution in [0.3, 0.4) is 0 Å². The van der Waals surface area contributed by atoms with E-state index in [1.807, 2.05) is 0 Å². The number of fused-ring (bicyclic) bond motifs is 6. The summed E-state index contributed by atoms with van der Waals surface area (Å²) in [4.78, 5) is 2.63. The summed E-state index contributed by atoms with van der Waals surface area (Å²) in [5, 5.41) is 4.95. The molecule has 0 aliphatic carbocycles. The maximum absolute atomic E-state index is 7.27. The van der Waals surface area contributed by atoms with Gasteiger partial charge in [0.1, 0.15) is 11.5 Å². The van der Waals surface area contributed by atoms with Crippen molar-refractivity contribution >= 4 is 61.7 Å². The van der Waals surface area contributed by atoms with Crippen molar-refractivity contribution in [2.45, 2.75) is 52.4 Å². The molecular weight excluding hydrogens is 954 g/mol. The molecule has 0 saturated heterocycles. The number of anilines is 3. The minimum absolute atomic E-state index is 0.123. The molecule has 0 bridgehead atoms. The van der Waals surface area contributed by atoms with E-state index in [-0.39, 0.29) is 17.5 Å². The van der Waals surface area contributed by atoms with Gasteiger partial charge in [0.05, 0.1) is 5.69 Å². The van der Waals surface area contributed by atoms with Crippen LogP contribution >= 0.6 is 0 Å². The molecule has 0 fully saturated rings. The van der Waals surface area contributed by atoms with Gasteiger partial charge in [-0.25, -0.2) is 0 Å². The Hall–Kier alpha value is -9.18. The summed E-state index contributed by atoms with van der Waals surface area (Å²) in [6.45, 7) is 13.8. The van der Waals surface area contributed by atoms with E-state index in [1.54, 1.807) is 0 Å². The molecule has 378 valence electrons. The Morgan fingerprint density at radius 2 is 0.759 bits per heavy atom. The van der Waals surface area contributed by atoms with Crippen molar-refractivity contribution in [3.05, 3.63) is 266 Å².